The molecular formula is C8H5N2O2. The number of rotatable bonds is 1. The van der Waals surface area contributed by atoms with Crippen LogP contribution < -0.4 is 0 Å². The van der Waals surface area contributed by atoms with Gasteiger partial charge in [-0.2, -0.15) is 0 Å². The minimum Gasteiger partial charge on any atom is -0.465 e. The van der Waals surface area contributed by atoms with Crippen LogP contribution in [0.25, 0.3) is 11.5 Å². The van der Waals surface area contributed by atoms with E-state index in [9.17, 15) is 0 Å². The van der Waals surface area contributed by atoms with Gasteiger partial charge in [-0.05, 0) is 18.2 Å². The fourth-order valence-corrected chi connectivity index (χ4v) is 0.859. The van der Waals surface area contributed by atoms with Crippen molar-refractivity contribution in [3.63, 3.8) is 0 Å². The maximum Gasteiger partial charge on any atom is 0.412 e. The van der Waals surface area contributed by atoms with Crippen molar-refractivity contribution in [3.05, 3.63) is 30.3 Å². The highest BCUT2D eigenvalue weighted by atomic mass is 16.5. The van der Waals surface area contributed by atoms with Crippen molar-refractivity contribution in [3.8, 4) is 17.5 Å². The summed E-state index contributed by atoms with van der Waals surface area (Å²) in [5.41, 5.74) is 0.741. The summed E-state index contributed by atoms with van der Waals surface area (Å²) in [5, 5.41) is 15.7. The molecule has 0 saturated carbocycles. The summed E-state index contributed by atoms with van der Waals surface area (Å²) in [6, 6.07) is 9.92. The molecule has 1 heterocycles. The van der Waals surface area contributed by atoms with Gasteiger partial charge in [-0.3, -0.25) is 0 Å². The standard InChI is InChI=1S/C8H5N2O2/c11-8-10-9-7(12-8)6-4-2-1-3-5-6/h1-2,4-5H,(H,10,11). The summed E-state index contributed by atoms with van der Waals surface area (Å²) in [6.07, 6.45) is -0.422. The smallest absolute Gasteiger partial charge is 0.412 e. The monoisotopic (exact) mass is 161 g/mol. The van der Waals surface area contributed by atoms with Crippen LogP contribution in [0.5, 0.6) is 6.08 Å². The van der Waals surface area contributed by atoms with Gasteiger partial charge in [-0.25, -0.2) is 0 Å². The maximum absolute atomic E-state index is 8.76. The largest absolute Gasteiger partial charge is 0.465 e. The van der Waals surface area contributed by atoms with Gasteiger partial charge in [0, 0.05) is 5.56 Å². The zero-order valence-corrected chi connectivity index (χ0v) is 6.06. The Kier molecular flexibility index (Phi) is 1.51. The molecule has 0 unspecified atom stereocenters. The Morgan fingerprint density at radius 3 is 2.92 bits per heavy atom. The van der Waals surface area contributed by atoms with Crippen LogP contribution in [0.3, 0.4) is 0 Å². The number of hydrogen-bond acceptors (Lipinski definition) is 4. The van der Waals surface area contributed by atoms with Crippen LogP contribution in [0.1, 0.15) is 0 Å². The topological polar surface area (TPSA) is 59.2 Å². The molecule has 2 aromatic rings. The molecule has 0 aliphatic rings. The average molecular weight is 161 g/mol. The molecule has 59 valence electrons. The SMILES string of the molecule is Oc1nnc(-c2c[c]ccc2)o1. The van der Waals surface area contributed by atoms with Crippen LogP contribution in [-0.4, -0.2) is 15.3 Å². The molecule has 1 radical (unpaired) electrons. The van der Waals surface area contributed by atoms with Crippen molar-refractivity contribution >= 4 is 0 Å². The lowest BCUT2D eigenvalue weighted by Gasteiger charge is -1.89. The highest BCUT2D eigenvalue weighted by Crippen LogP contribution is 2.18. The second-order valence-electron chi connectivity index (χ2n) is 2.18. The van der Waals surface area contributed by atoms with E-state index in [1.165, 1.54) is 0 Å². The van der Waals surface area contributed by atoms with E-state index in [4.69, 9.17) is 9.52 Å². The normalized spacial score (nSPS) is 10.0. The second-order valence-corrected chi connectivity index (χ2v) is 2.18. The molecule has 0 saturated heterocycles. The summed E-state index contributed by atoms with van der Waals surface area (Å²) >= 11 is 0. The first-order valence-corrected chi connectivity index (χ1v) is 3.35. The molecule has 1 aromatic carbocycles. The van der Waals surface area contributed by atoms with Crippen LogP contribution in [0.4, 0.5) is 0 Å². The number of aromatic nitrogens is 2. The average Bonchev–Trinajstić information content (AvgIpc) is 2.54. The molecule has 12 heavy (non-hydrogen) atoms. The lowest BCUT2D eigenvalue weighted by Crippen LogP contribution is -1.75. The van der Waals surface area contributed by atoms with Gasteiger partial charge in [-0.15, -0.1) is 5.10 Å². The Labute approximate surface area is 68.5 Å². The third kappa shape index (κ3) is 1.14. The predicted molar refractivity (Wildman–Crippen MR) is 40.2 cm³/mol. The molecule has 0 bridgehead atoms. The van der Waals surface area contributed by atoms with E-state index in [0.29, 0.717) is 5.89 Å². The van der Waals surface area contributed by atoms with Crippen LogP contribution in [0.15, 0.2) is 28.7 Å². The van der Waals surface area contributed by atoms with Gasteiger partial charge in [0.1, 0.15) is 0 Å². The fourth-order valence-electron chi connectivity index (χ4n) is 0.859. The first kappa shape index (κ1) is 6.84. The van der Waals surface area contributed by atoms with Crippen molar-refractivity contribution in [2.24, 2.45) is 0 Å². The summed E-state index contributed by atoms with van der Waals surface area (Å²) < 4.78 is 4.78. The lowest BCUT2D eigenvalue weighted by atomic mass is 10.2. The number of nitrogens with zero attached hydrogens (tertiary/aromatic N) is 2. The third-order valence-electron chi connectivity index (χ3n) is 1.37. The van der Waals surface area contributed by atoms with Crippen molar-refractivity contribution in [2.45, 2.75) is 0 Å². The van der Waals surface area contributed by atoms with Crippen molar-refractivity contribution in [1.29, 1.82) is 0 Å². The number of benzene rings is 1. The minimum absolute atomic E-state index is 0.296. The maximum atomic E-state index is 8.76. The number of hydrogen-bond donors (Lipinski definition) is 1. The second kappa shape index (κ2) is 2.65. The molecule has 4 heteroatoms. The zero-order valence-electron chi connectivity index (χ0n) is 6.06. The Morgan fingerprint density at radius 1 is 1.42 bits per heavy atom. The zero-order chi connectivity index (χ0) is 8.39. The summed E-state index contributed by atoms with van der Waals surface area (Å²) in [5.74, 6) is 0.296. The van der Waals surface area contributed by atoms with Crippen molar-refractivity contribution in [2.75, 3.05) is 0 Å². The minimum atomic E-state index is -0.422. The van der Waals surface area contributed by atoms with E-state index < -0.39 is 6.08 Å². The molecule has 0 atom stereocenters. The van der Waals surface area contributed by atoms with Gasteiger partial charge in [0.2, 0.25) is 0 Å². The van der Waals surface area contributed by atoms with Gasteiger partial charge in [-0.1, -0.05) is 17.2 Å². The highest BCUT2D eigenvalue weighted by Gasteiger charge is 2.04. The van der Waals surface area contributed by atoms with Crippen molar-refractivity contribution < 1.29 is 9.52 Å². The molecule has 1 aromatic heterocycles. The van der Waals surface area contributed by atoms with Crippen molar-refractivity contribution in [1.82, 2.24) is 10.2 Å². The van der Waals surface area contributed by atoms with Crippen LogP contribution >= 0.6 is 0 Å². The molecule has 1 N–H and O–H groups in total. The molecule has 0 aliphatic carbocycles. The van der Waals surface area contributed by atoms with Gasteiger partial charge >= 0.3 is 6.08 Å². The first-order chi connectivity index (χ1) is 5.86. The molecule has 0 aliphatic heterocycles. The van der Waals surface area contributed by atoms with Crippen LogP contribution in [0.2, 0.25) is 0 Å². The highest BCUT2D eigenvalue weighted by molar-refractivity contribution is 5.51. The van der Waals surface area contributed by atoms with Crippen LogP contribution in [-0.2, 0) is 0 Å². The van der Waals surface area contributed by atoms with Gasteiger partial charge in [0.15, 0.2) is 0 Å². The molecular weight excluding hydrogens is 156 g/mol. The molecule has 0 spiro atoms. The summed E-state index contributed by atoms with van der Waals surface area (Å²) in [4.78, 5) is 0. The van der Waals surface area contributed by atoms with E-state index in [2.05, 4.69) is 16.3 Å². The Morgan fingerprint density at radius 2 is 2.33 bits per heavy atom. The van der Waals surface area contributed by atoms with E-state index in [1.54, 1.807) is 24.3 Å². The van der Waals surface area contributed by atoms with E-state index in [1.807, 2.05) is 0 Å². The molecule has 0 amide bonds. The first-order valence-electron chi connectivity index (χ1n) is 3.35. The molecule has 0 fully saturated rings. The van der Waals surface area contributed by atoms with Crippen LogP contribution in [0, 0.1) is 6.07 Å². The van der Waals surface area contributed by atoms with E-state index in [-0.39, 0.29) is 0 Å². The quantitative estimate of drug-likeness (QED) is 0.683. The Bertz CT molecular complexity index is 370. The Balaban J connectivity index is 2.45. The van der Waals surface area contributed by atoms with E-state index >= 15 is 0 Å². The Hall–Kier alpha value is -1.84. The van der Waals surface area contributed by atoms with Gasteiger partial charge < -0.3 is 9.52 Å². The molecule has 4 nitrogen and oxygen atoms in total. The third-order valence-corrected chi connectivity index (χ3v) is 1.37. The van der Waals surface area contributed by atoms with E-state index in [0.717, 1.165) is 5.56 Å². The predicted octanol–water partition coefficient (Wildman–Crippen LogP) is 1.24. The number of aromatic hydroxyl groups is 1. The summed E-state index contributed by atoms with van der Waals surface area (Å²) in [6.45, 7) is 0. The lowest BCUT2D eigenvalue weighted by molar-refractivity contribution is 0.320. The summed E-state index contributed by atoms with van der Waals surface area (Å²) in [7, 11) is 0. The fraction of sp³-hybridized carbons (Fsp3) is 0. The van der Waals surface area contributed by atoms with Gasteiger partial charge in [0.25, 0.3) is 5.89 Å². The molecule has 2 rings (SSSR count). The van der Waals surface area contributed by atoms with Gasteiger partial charge in [0.05, 0.1) is 0 Å².